The molecule has 2 N–H and O–H groups in total. The van der Waals surface area contributed by atoms with Crippen LogP contribution >= 0.6 is 23.4 Å². The van der Waals surface area contributed by atoms with E-state index in [1.54, 1.807) is 13.2 Å². The quantitative estimate of drug-likeness (QED) is 0.804. The van der Waals surface area contributed by atoms with Crippen molar-refractivity contribution in [1.82, 2.24) is 15.3 Å². The average Bonchev–Trinajstić information content (AvgIpc) is 2.78. The summed E-state index contributed by atoms with van der Waals surface area (Å²) in [6, 6.07) is 5.45. The van der Waals surface area contributed by atoms with Crippen LogP contribution in [-0.4, -0.2) is 41.4 Å². The molecule has 1 atom stereocenters. The van der Waals surface area contributed by atoms with Crippen molar-refractivity contribution in [3.8, 4) is 0 Å². The van der Waals surface area contributed by atoms with Gasteiger partial charge in [-0.1, -0.05) is 23.4 Å². The summed E-state index contributed by atoms with van der Waals surface area (Å²) < 4.78 is 4.97. The maximum atomic E-state index is 11.7. The molecule has 5 nitrogen and oxygen atoms in total. The molecule has 2 rings (SSSR count). The number of carbonyl (C=O) groups excluding carboxylic acids is 1. The van der Waals surface area contributed by atoms with Gasteiger partial charge in [-0.2, -0.15) is 0 Å². The van der Waals surface area contributed by atoms with E-state index in [4.69, 9.17) is 16.3 Å². The lowest BCUT2D eigenvalue weighted by atomic mass is 10.3. The normalized spacial score (nSPS) is 12.6. The van der Waals surface area contributed by atoms with Gasteiger partial charge in [-0.05, 0) is 25.1 Å². The molecule has 2 aromatic rings. The SMILES string of the molecule is COC[C@@H](C)NC(=O)CSc1nc2ccc(Cl)cc2[nH]1. The van der Waals surface area contributed by atoms with Gasteiger partial charge in [-0.15, -0.1) is 0 Å². The number of fused-ring (bicyclic) bond motifs is 1. The van der Waals surface area contributed by atoms with Crippen molar-refractivity contribution in [2.75, 3.05) is 19.5 Å². The smallest absolute Gasteiger partial charge is 0.230 e. The number of aromatic amines is 1. The molecular weight excluding hydrogens is 298 g/mol. The predicted molar refractivity (Wildman–Crippen MR) is 81.3 cm³/mol. The maximum Gasteiger partial charge on any atom is 0.230 e. The van der Waals surface area contributed by atoms with E-state index < -0.39 is 0 Å². The fourth-order valence-corrected chi connectivity index (χ4v) is 2.64. The van der Waals surface area contributed by atoms with Crippen molar-refractivity contribution >= 4 is 40.3 Å². The lowest BCUT2D eigenvalue weighted by Gasteiger charge is -2.11. The molecule has 1 amide bonds. The summed E-state index contributed by atoms with van der Waals surface area (Å²) in [6.07, 6.45) is 0. The van der Waals surface area contributed by atoms with Crippen LogP contribution in [0.1, 0.15) is 6.92 Å². The Kier molecular flexibility index (Phi) is 5.28. The molecule has 7 heteroatoms. The largest absolute Gasteiger partial charge is 0.383 e. The third-order valence-electron chi connectivity index (χ3n) is 2.59. The number of rotatable bonds is 6. The number of methoxy groups -OCH3 is 1. The Bertz CT molecular complexity index is 602. The van der Waals surface area contributed by atoms with Crippen LogP contribution < -0.4 is 5.32 Å². The maximum absolute atomic E-state index is 11.7. The zero-order valence-electron chi connectivity index (χ0n) is 11.3. The number of thioether (sulfide) groups is 1. The van der Waals surface area contributed by atoms with Crippen LogP contribution in [0.15, 0.2) is 23.4 Å². The van der Waals surface area contributed by atoms with Gasteiger partial charge in [-0.3, -0.25) is 4.79 Å². The number of hydrogen-bond donors (Lipinski definition) is 2. The standard InChI is InChI=1S/C13H16ClN3O2S/c1-8(6-19-2)15-12(18)7-20-13-16-10-4-3-9(14)5-11(10)17-13/h3-5,8H,6-7H2,1-2H3,(H,15,18)(H,16,17)/t8-/m1/s1. The van der Waals surface area contributed by atoms with E-state index >= 15 is 0 Å². The minimum atomic E-state index is -0.0435. The summed E-state index contributed by atoms with van der Waals surface area (Å²) in [5, 5.41) is 4.21. The second kappa shape index (κ2) is 6.97. The van der Waals surface area contributed by atoms with Gasteiger partial charge in [0, 0.05) is 18.2 Å². The van der Waals surface area contributed by atoms with E-state index in [-0.39, 0.29) is 11.9 Å². The molecule has 0 aliphatic heterocycles. The molecule has 108 valence electrons. The van der Waals surface area contributed by atoms with E-state index in [0.29, 0.717) is 22.5 Å². The van der Waals surface area contributed by atoms with Crippen molar-refractivity contribution in [2.24, 2.45) is 0 Å². The minimum absolute atomic E-state index is 0.00239. The average molecular weight is 314 g/mol. The summed E-state index contributed by atoms with van der Waals surface area (Å²) in [5.41, 5.74) is 1.71. The summed E-state index contributed by atoms with van der Waals surface area (Å²) in [5.74, 6) is 0.264. The zero-order valence-corrected chi connectivity index (χ0v) is 12.8. The Hall–Kier alpha value is -1.24. The van der Waals surface area contributed by atoms with Crippen molar-refractivity contribution in [2.45, 2.75) is 18.1 Å². The summed E-state index contributed by atoms with van der Waals surface area (Å²) in [6.45, 7) is 2.40. The van der Waals surface area contributed by atoms with Crippen LogP contribution in [0.5, 0.6) is 0 Å². The molecule has 0 saturated heterocycles. The molecule has 1 heterocycles. The summed E-state index contributed by atoms with van der Waals surface area (Å²) in [7, 11) is 1.61. The van der Waals surface area contributed by atoms with Crippen LogP contribution in [0.4, 0.5) is 0 Å². The number of carbonyl (C=O) groups is 1. The first-order valence-corrected chi connectivity index (χ1v) is 7.51. The number of amides is 1. The number of H-pyrrole nitrogens is 1. The molecule has 1 aromatic heterocycles. The summed E-state index contributed by atoms with van der Waals surface area (Å²) in [4.78, 5) is 19.2. The van der Waals surface area contributed by atoms with E-state index in [1.165, 1.54) is 11.8 Å². The fraction of sp³-hybridized carbons (Fsp3) is 0.385. The number of benzene rings is 1. The summed E-state index contributed by atoms with van der Waals surface area (Å²) >= 11 is 7.27. The molecule has 0 aliphatic carbocycles. The number of aromatic nitrogens is 2. The first kappa shape index (κ1) is 15.2. The Balaban J connectivity index is 1.90. The number of nitrogens with one attached hydrogen (secondary N) is 2. The van der Waals surface area contributed by atoms with Crippen LogP contribution in [-0.2, 0) is 9.53 Å². The highest BCUT2D eigenvalue weighted by atomic mass is 35.5. The fourth-order valence-electron chi connectivity index (χ4n) is 1.77. The lowest BCUT2D eigenvalue weighted by molar-refractivity contribution is -0.119. The van der Waals surface area contributed by atoms with Gasteiger partial charge in [-0.25, -0.2) is 4.98 Å². The van der Waals surface area contributed by atoms with Gasteiger partial charge in [0.25, 0.3) is 0 Å². The molecule has 0 fully saturated rings. The molecule has 1 aromatic carbocycles. The van der Waals surface area contributed by atoms with Gasteiger partial charge < -0.3 is 15.0 Å². The lowest BCUT2D eigenvalue weighted by Crippen LogP contribution is -2.36. The van der Waals surface area contributed by atoms with Crippen molar-refractivity contribution in [3.05, 3.63) is 23.2 Å². The van der Waals surface area contributed by atoms with Crippen molar-refractivity contribution < 1.29 is 9.53 Å². The number of nitrogens with zero attached hydrogens (tertiary/aromatic N) is 1. The Morgan fingerprint density at radius 2 is 2.40 bits per heavy atom. The topological polar surface area (TPSA) is 67.0 Å². The van der Waals surface area contributed by atoms with E-state index in [1.807, 2.05) is 19.1 Å². The van der Waals surface area contributed by atoms with Gasteiger partial charge in [0.05, 0.1) is 23.4 Å². The highest BCUT2D eigenvalue weighted by Gasteiger charge is 2.09. The van der Waals surface area contributed by atoms with Crippen LogP contribution in [0.3, 0.4) is 0 Å². The monoisotopic (exact) mass is 313 g/mol. The molecule has 20 heavy (non-hydrogen) atoms. The predicted octanol–water partition coefficient (Wildman–Crippen LogP) is 2.46. The second-order valence-corrected chi connectivity index (χ2v) is 5.82. The molecule has 0 bridgehead atoms. The van der Waals surface area contributed by atoms with Crippen molar-refractivity contribution in [1.29, 1.82) is 0 Å². The molecule has 0 saturated carbocycles. The second-order valence-electron chi connectivity index (χ2n) is 4.42. The van der Waals surface area contributed by atoms with Gasteiger partial charge >= 0.3 is 0 Å². The molecule has 0 spiro atoms. The highest BCUT2D eigenvalue weighted by molar-refractivity contribution is 7.99. The highest BCUT2D eigenvalue weighted by Crippen LogP contribution is 2.21. The molecule has 0 radical (unpaired) electrons. The van der Waals surface area contributed by atoms with Crippen LogP contribution in [0.25, 0.3) is 11.0 Å². The Morgan fingerprint density at radius 1 is 1.60 bits per heavy atom. The van der Waals surface area contributed by atoms with Crippen LogP contribution in [0.2, 0.25) is 5.02 Å². The van der Waals surface area contributed by atoms with Gasteiger partial charge in [0.15, 0.2) is 5.16 Å². The van der Waals surface area contributed by atoms with E-state index in [9.17, 15) is 4.79 Å². The van der Waals surface area contributed by atoms with Gasteiger partial charge in [0.2, 0.25) is 5.91 Å². The third kappa shape index (κ3) is 4.13. The molecule has 0 aliphatic rings. The first-order valence-electron chi connectivity index (χ1n) is 6.15. The zero-order chi connectivity index (χ0) is 14.5. The third-order valence-corrected chi connectivity index (χ3v) is 3.69. The number of hydrogen-bond acceptors (Lipinski definition) is 4. The number of ether oxygens (including phenoxy) is 1. The molecule has 0 unspecified atom stereocenters. The Labute approximate surface area is 126 Å². The van der Waals surface area contributed by atoms with Crippen LogP contribution in [0, 0.1) is 0 Å². The van der Waals surface area contributed by atoms with Crippen molar-refractivity contribution in [3.63, 3.8) is 0 Å². The van der Waals surface area contributed by atoms with E-state index in [0.717, 1.165) is 11.0 Å². The molecular formula is C13H16ClN3O2S. The minimum Gasteiger partial charge on any atom is -0.383 e. The number of halogens is 1. The first-order chi connectivity index (χ1) is 9.58. The van der Waals surface area contributed by atoms with Gasteiger partial charge in [0.1, 0.15) is 0 Å². The number of imidazole rings is 1. The Morgan fingerprint density at radius 3 is 3.15 bits per heavy atom. The van der Waals surface area contributed by atoms with E-state index in [2.05, 4.69) is 15.3 Å².